The van der Waals surface area contributed by atoms with Crippen LogP contribution in [0.15, 0.2) is 182 Å². The van der Waals surface area contributed by atoms with Gasteiger partial charge in [0, 0.05) is 21.9 Å². The van der Waals surface area contributed by atoms with Crippen molar-refractivity contribution >= 4 is 43.4 Å². The van der Waals surface area contributed by atoms with Gasteiger partial charge in [-0.2, -0.15) is 0 Å². The van der Waals surface area contributed by atoms with Gasteiger partial charge in [0.25, 0.3) is 0 Å². The van der Waals surface area contributed by atoms with Crippen molar-refractivity contribution in [1.82, 2.24) is 19.9 Å². The van der Waals surface area contributed by atoms with E-state index in [1.165, 1.54) is 16.2 Å². The topological polar surface area (TPSA) is 51.6 Å². The molecule has 4 nitrogen and oxygen atoms in total. The molecule has 0 fully saturated rings. The van der Waals surface area contributed by atoms with Gasteiger partial charge in [-0.05, 0) is 68.1 Å². The lowest BCUT2D eigenvalue weighted by atomic mass is 9.90. The van der Waals surface area contributed by atoms with Gasteiger partial charge in [0.05, 0.1) is 22.4 Å². The first-order chi connectivity index (χ1) is 25.8. The predicted octanol–water partition coefficient (Wildman–Crippen LogP) is 12.2. The number of nitrogens with zero attached hydrogens (tertiary/aromatic N) is 4. The van der Waals surface area contributed by atoms with Gasteiger partial charge in [-0.1, -0.05) is 158 Å². The fourth-order valence-corrected chi connectivity index (χ4v) is 7.47. The first-order valence-corrected chi connectivity index (χ1v) is 17.5. The van der Waals surface area contributed by atoms with Crippen molar-refractivity contribution in [1.29, 1.82) is 0 Å². The van der Waals surface area contributed by atoms with Crippen LogP contribution in [0, 0.1) is 0 Å². The summed E-state index contributed by atoms with van der Waals surface area (Å²) in [5.41, 5.74) is 10.0. The molecular formula is C48H30N4. The van der Waals surface area contributed by atoms with E-state index in [1.54, 1.807) is 0 Å². The van der Waals surface area contributed by atoms with Gasteiger partial charge >= 0.3 is 0 Å². The third-order valence-corrected chi connectivity index (χ3v) is 9.87. The van der Waals surface area contributed by atoms with Gasteiger partial charge in [-0.25, -0.2) is 19.9 Å². The summed E-state index contributed by atoms with van der Waals surface area (Å²) in [6, 6.07) is 63.5. The molecule has 2 heterocycles. The second-order valence-electron chi connectivity index (χ2n) is 13.0. The smallest absolute Gasteiger partial charge is 0.198 e. The summed E-state index contributed by atoms with van der Waals surface area (Å²) in [4.78, 5) is 20.9. The van der Waals surface area contributed by atoms with Crippen molar-refractivity contribution in [3.05, 3.63) is 182 Å². The van der Waals surface area contributed by atoms with Gasteiger partial charge < -0.3 is 0 Å². The molecule has 0 aliphatic carbocycles. The van der Waals surface area contributed by atoms with Gasteiger partial charge in [0.2, 0.25) is 0 Å². The Bertz CT molecular complexity index is 2960. The van der Waals surface area contributed by atoms with E-state index < -0.39 is 0 Å². The normalized spacial score (nSPS) is 11.5. The molecule has 0 atom stereocenters. The summed E-state index contributed by atoms with van der Waals surface area (Å²) >= 11 is 0. The molecule has 0 bridgehead atoms. The number of para-hydroxylation sites is 2. The van der Waals surface area contributed by atoms with Crippen LogP contribution in [0.3, 0.4) is 0 Å². The molecule has 0 N–H and O–H groups in total. The molecule has 8 aromatic carbocycles. The quantitative estimate of drug-likeness (QED) is 0.184. The van der Waals surface area contributed by atoms with Gasteiger partial charge in [-0.15, -0.1) is 0 Å². The minimum Gasteiger partial charge on any atom is -0.225 e. The summed E-state index contributed by atoms with van der Waals surface area (Å²) in [6.45, 7) is 0. The van der Waals surface area contributed by atoms with Crippen LogP contribution in [-0.4, -0.2) is 19.9 Å². The molecule has 4 heteroatoms. The van der Waals surface area contributed by atoms with Crippen LogP contribution >= 0.6 is 0 Å². The third-order valence-electron chi connectivity index (χ3n) is 9.87. The number of aromatic nitrogens is 4. The summed E-state index contributed by atoms with van der Waals surface area (Å²) in [6.07, 6.45) is 0. The van der Waals surface area contributed by atoms with E-state index >= 15 is 0 Å². The number of fused-ring (bicyclic) bond motifs is 4. The Hall–Kier alpha value is -7.04. The van der Waals surface area contributed by atoms with E-state index in [-0.39, 0.29) is 0 Å². The maximum absolute atomic E-state index is 5.35. The van der Waals surface area contributed by atoms with Crippen LogP contribution in [0.25, 0.3) is 99.8 Å². The minimum absolute atomic E-state index is 0.483. The summed E-state index contributed by atoms with van der Waals surface area (Å²) < 4.78 is 0. The first kappa shape index (κ1) is 29.8. The Labute approximate surface area is 300 Å². The average Bonchev–Trinajstić information content (AvgIpc) is 3.22. The van der Waals surface area contributed by atoms with Crippen molar-refractivity contribution in [2.24, 2.45) is 0 Å². The molecule has 0 aliphatic rings. The molecule has 0 spiro atoms. The Morgan fingerprint density at radius 2 is 0.808 bits per heavy atom. The van der Waals surface area contributed by atoms with E-state index in [0.29, 0.717) is 11.6 Å². The van der Waals surface area contributed by atoms with Crippen molar-refractivity contribution < 1.29 is 0 Å². The molecule has 52 heavy (non-hydrogen) atoms. The van der Waals surface area contributed by atoms with Crippen LogP contribution < -0.4 is 0 Å². The molecule has 242 valence electrons. The highest BCUT2D eigenvalue weighted by Crippen LogP contribution is 2.41. The number of hydrogen-bond acceptors (Lipinski definition) is 4. The lowest BCUT2D eigenvalue weighted by molar-refractivity contribution is 1.13. The zero-order chi connectivity index (χ0) is 34.4. The van der Waals surface area contributed by atoms with Crippen LogP contribution in [0.5, 0.6) is 0 Å². The standard InChI is InChI=1S/C48H30N4/c1-3-15-31(16-4-1)41-30-35(29-34-20-8-9-21-36(34)41)45-38-23-11-13-25-42(38)49-47(51-45)48-50-43-26-14-12-24-39(43)46(52-48)40-28-27-32-17-7-10-22-37(32)44(40)33-18-5-2-6-19-33/h1-30H. The van der Waals surface area contributed by atoms with E-state index in [0.717, 1.165) is 72.0 Å². The van der Waals surface area contributed by atoms with Gasteiger partial charge in [-0.3, -0.25) is 0 Å². The average molecular weight is 663 g/mol. The lowest BCUT2D eigenvalue weighted by Crippen LogP contribution is -2.02. The van der Waals surface area contributed by atoms with Crippen molar-refractivity contribution in [2.75, 3.05) is 0 Å². The van der Waals surface area contributed by atoms with Gasteiger partial charge in [0.1, 0.15) is 0 Å². The summed E-state index contributed by atoms with van der Waals surface area (Å²) in [7, 11) is 0. The Kier molecular flexibility index (Phi) is 7.10. The van der Waals surface area contributed by atoms with Crippen LogP contribution in [0.4, 0.5) is 0 Å². The fourth-order valence-electron chi connectivity index (χ4n) is 7.47. The Morgan fingerprint density at radius 3 is 1.50 bits per heavy atom. The summed E-state index contributed by atoms with van der Waals surface area (Å²) in [5, 5.41) is 6.64. The van der Waals surface area contributed by atoms with E-state index in [2.05, 4.69) is 146 Å². The largest absolute Gasteiger partial charge is 0.225 e. The van der Waals surface area contributed by atoms with E-state index in [1.807, 2.05) is 36.4 Å². The van der Waals surface area contributed by atoms with E-state index in [9.17, 15) is 0 Å². The molecule has 2 aromatic heterocycles. The highest BCUT2D eigenvalue weighted by molar-refractivity contribution is 6.08. The predicted molar refractivity (Wildman–Crippen MR) is 215 cm³/mol. The van der Waals surface area contributed by atoms with Crippen molar-refractivity contribution in [3.8, 4) is 56.4 Å². The molecule has 0 saturated carbocycles. The minimum atomic E-state index is 0.483. The molecule has 0 unspecified atom stereocenters. The molecule has 10 rings (SSSR count). The Balaban J connectivity index is 1.24. The van der Waals surface area contributed by atoms with Crippen LogP contribution in [-0.2, 0) is 0 Å². The molecule has 0 amide bonds. The van der Waals surface area contributed by atoms with Gasteiger partial charge in [0.15, 0.2) is 11.6 Å². The fraction of sp³-hybridized carbons (Fsp3) is 0. The molecule has 0 saturated heterocycles. The van der Waals surface area contributed by atoms with Crippen LogP contribution in [0.1, 0.15) is 0 Å². The highest BCUT2D eigenvalue weighted by Gasteiger charge is 2.20. The molecule has 0 radical (unpaired) electrons. The van der Waals surface area contributed by atoms with E-state index in [4.69, 9.17) is 19.9 Å². The zero-order valence-electron chi connectivity index (χ0n) is 28.1. The first-order valence-electron chi connectivity index (χ1n) is 17.5. The number of rotatable bonds is 5. The number of hydrogen-bond donors (Lipinski definition) is 0. The molecule has 0 aliphatic heterocycles. The summed E-state index contributed by atoms with van der Waals surface area (Å²) in [5.74, 6) is 0.967. The maximum Gasteiger partial charge on any atom is 0.198 e. The monoisotopic (exact) mass is 662 g/mol. The second kappa shape index (κ2) is 12.4. The maximum atomic E-state index is 5.35. The molecular weight excluding hydrogens is 633 g/mol. The molecule has 10 aromatic rings. The SMILES string of the molecule is c1ccc(-c2cc(-c3nc(-c4nc(-c5ccc6ccccc6c5-c5ccccc5)c5ccccc5n4)nc4ccccc34)cc3ccccc23)cc1. The second-order valence-corrected chi connectivity index (χ2v) is 13.0. The highest BCUT2D eigenvalue weighted by atomic mass is 15.0. The van der Waals surface area contributed by atoms with Crippen molar-refractivity contribution in [2.45, 2.75) is 0 Å². The van der Waals surface area contributed by atoms with Crippen LogP contribution in [0.2, 0.25) is 0 Å². The zero-order valence-corrected chi connectivity index (χ0v) is 28.1. The van der Waals surface area contributed by atoms with Crippen molar-refractivity contribution in [3.63, 3.8) is 0 Å². The third kappa shape index (κ3) is 5.09. The number of benzene rings is 8. The Morgan fingerprint density at radius 1 is 0.288 bits per heavy atom. The lowest BCUT2D eigenvalue weighted by Gasteiger charge is -2.16.